The number of ether oxygens (including phenoxy) is 2. The van der Waals surface area contributed by atoms with Crippen LogP contribution in [0.5, 0.6) is 11.5 Å². The van der Waals surface area contributed by atoms with Crippen molar-refractivity contribution in [3.63, 3.8) is 0 Å². The molecule has 0 saturated carbocycles. The number of hydrogen-bond acceptors (Lipinski definition) is 7. The van der Waals surface area contributed by atoms with Gasteiger partial charge in [0.15, 0.2) is 16.7 Å². The summed E-state index contributed by atoms with van der Waals surface area (Å²) in [5.41, 5.74) is 3.26. The molecule has 0 spiro atoms. The van der Waals surface area contributed by atoms with E-state index in [1.807, 2.05) is 6.07 Å². The van der Waals surface area contributed by atoms with E-state index >= 15 is 0 Å². The molecule has 1 aliphatic rings. The van der Waals surface area contributed by atoms with Crippen molar-refractivity contribution in [2.75, 3.05) is 12.5 Å². The minimum absolute atomic E-state index is 0.197. The van der Waals surface area contributed by atoms with Gasteiger partial charge in [0.2, 0.25) is 6.79 Å². The first-order chi connectivity index (χ1) is 10.8. The lowest BCUT2D eigenvalue weighted by Gasteiger charge is -1.99. The molecule has 1 amide bonds. The number of benzene rings is 1. The van der Waals surface area contributed by atoms with Gasteiger partial charge < -0.3 is 9.47 Å². The topological polar surface area (TPSA) is 85.7 Å². The lowest BCUT2D eigenvalue weighted by atomic mass is 10.2. The fourth-order valence-corrected chi connectivity index (χ4v) is 2.29. The summed E-state index contributed by atoms with van der Waals surface area (Å²) in [5, 5.41) is 4.46. The van der Waals surface area contributed by atoms with E-state index in [2.05, 4.69) is 20.5 Å². The number of carbonyl (C=O) groups excluding carboxylic acids is 1. The smallest absolute Gasteiger partial charge is 0.250 e. The number of thioether (sulfide) groups is 1. The zero-order valence-electron chi connectivity index (χ0n) is 11.4. The summed E-state index contributed by atoms with van der Waals surface area (Å²) in [6.45, 7) is 0.228. The van der Waals surface area contributed by atoms with Gasteiger partial charge in [0.1, 0.15) is 0 Å². The second-order valence-electron chi connectivity index (χ2n) is 4.23. The molecule has 8 heteroatoms. The van der Waals surface area contributed by atoms with Crippen molar-refractivity contribution in [3.8, 4) is 11.5 Å². The third kappa shape index (κ3) is 3.73. The zero-order chi connectivity index (χ0) is 15.2. The van der Waals surface area contributed by atoms with Gasteiger partial charge in [-0.3, -0.25) is 4.79 Å². The monoisotopic (exact) mass is 316 g/mol. The van der Waals surface area contributed by atoms with Crippen LogP contribution in [0.4, 0.5) is 0 Å². The Morgan fingerprint density at radius 1 is 1.32 bits per heavy atom. The molecule has 0 fully saturated rings. The van der Waals surface area contributed by atoms with Gasteiger partial charge in [0, 0.05) is 12.4 Å². The van der Waals surface area contributed by atoms with E-state index in [1.165, 1.54) is 11.8 Å². The van der Waals surface area contributed by atoms with Crippen molar-refractivity contribution in [1.82, 2.24) is 15.4 Å². The zero-order valence-corrected chi connectivity index (χ0v) is 12.2. The van der Waals surface area contributed by atoms with E-state index in [4.69, 9.17) is 9.47 Å². The van der Waals surface area contributed by atoms with E-state index in [1.54, 1.807) is 36.8 Å². The van der Waals surface area contributed by atoms with Crippen LogP contribution in [0.2, 0.25) is 0 Å². The van der Waals surface area contributed by atoms with E-state index in [-0.39, 0.29) is 18.5 Å². The molecule has 0 saturated heterocycles. The van der Waals surface area contributed by atoms with Gasteiger partial charge in [-0.25, -0.2) is 15.4 Å². The van der Waals surface area contributed by atoms with Crippen LogP contribution in [0, 0.1) is 0 Å². The average molecular weight is 316 g/mol. The van der Waals surface area contributed by atoms with Gasteiger partial charge in [-0.05, 0) is 29.8 Å². The van der Waals surface area contributed by atoms with Crippen molar-refractivity contribution in [2.45, 2.75) is 5.16 Å². The van der Waals surface area contributed by atoms with E-state index in [0.29, 0.717) is 16.7 Å². The number of carbonyl (C=O) groups is 1. The quantitative estimate of drug-likeness (QED) is 0.389. The Morgan fingerprint density at radius 3 is 3.00 bits per heavy atom. The molecular weight excluding hydrogens is 304 g/mol. The van der Waals surface area contributed by atoms with Crippen LogP contribution in [0.3, 0.4) is 0 Å². The third-order valence-corrected chi connectivity index (χ3v) is 3.55. The van der Waals surface area contributed by atoms with Crippen LogP contribution in [-0.2, 0) is 4.79 Å². The molecule has 7 nitrogen and oxygen atoms in total. The molecule has 22 heavy (non-hydrogen) atoms. The van der Waals surface area contributed by atoms with Crippen LogP contribution in [0.25, 0.3) is 0 Å². The molecule has 0 unspecified atom stereocenters. The number of aromatic nitrogens is 2. The lowest BCUT2D eigenvalue weighted by Crippen LogP contribution is -2.19. The van der Waals surface area contributed by atoms with Crippen LogP contribution in [-0.4, -0.2) is 34.6 Å². The maximum absolute atomic E-state index is 11.6. The molecule has 1 aromatic carbocycles. The standard InChI is InChI=1S/C14H12N4O3S/c19-13(8-22-14-15-4-1-5-16-14)18-17-7-10-2-3-11-12(6-10)21-9-20-11/h1-7H,8-9H2,(H,18,19). The largest absolute Gasteiger partial charge is 0.454 e. The minimum Gasteiger partial charge on any atom is -0.454 e. The number of fused-ring (bicyclic) bond motifs is 1. The van der Waals surface area contributed by atoms with Gasteiger partial charge in [0.05, 0.1) is 12.0 Å². The molecule has 0 radical (unpaired) electrons. The summed E-state index contributed by atoms with van der Waals surface area (Å²) >= 11 is 1.25. The maximum atomic E-state index is 11.6. The maximum Gasteiger partial charge on any atom is 0.250 e. The second-order valence-corrected chi connectivity index (χ2v) is 5.17. The molecule has 0 aliphatic carbocycles. The van der Waals surface area contributed by atoms with E-state index in [9.17, 15) is 4.79 Å². The molecule has 3 rings (SSSR count). The van der Waals surface area contributed by atoms with Crippen molar-refractivity contribution >= 4 is 23.9 Å². The Hall–Kier alpha value is -2.61. The fraction of sp³-hybridized carbons (Fsp3) is 0.143. The summed E-state index contributed by atoms with van der Waals surface area (Å²) in [6.07, 6.45) is 4.81. The van der Waals surface area contributed by atoms with Crippen LogP contribution in [0.1, 0.15) is 5.56 Å². The van der Waals surface area contributed by atoms with Crippen molar-refractivity contribution in [3.05, 3.63) is 42.2 Å². The van der Waals surface area contributed by atoms with Gasteiger partial charge in [0.25, 0.3) is 5.91 Å². The minimum atomic E-state index is -0.227. The van der Waals surface area contributed by atoms with Crippen LogP contribution >= 0.6 is 11.8 Å². The summed E-state index contributed by atoms with van der Waals surface area (Å²) in [7, 11) is 0. The third-order valence-electron chi connectivity index (χ3n) is 2.67. The highest BCUT2D eigenvalue weighted by Crippen LogP contribution is 2.31. The highest BCUT2D eigenvalue weighted by atomic mass is 32.2. The van der Waals surface area contributed by atoms with E-state index in [0.717, 1.165) is 5.56 Å². The number of amides is 1. The first kappa shape index (κ1) is 14.3. The predicted octanol–water partition coefficient (Wildman–Crippen LogP) is 1.45. The normalized spacial score (nSPS) is 12.5. The number of nitrogens with one attached hydrogen (secondary N) is 1. The van der Waals surface area contributed by atoms with Crippen LogP contribution < -0.4 is 14.9 Å². The molecule has 2 aromatic rings. The van der Waals surface area contributed by atoms with Gasteiger partial charge >= 0.3 is 0 Å². The van der Waals surface area contributed by atoms with E-state index < -0.39 is 0 Å². The number of hydrogen-bond donors (Lipinski definition) is 1. The Labute approximate surface area is 130 Å². The Balaban J connectivity index is 1.48. The highest BCUT2D eigenvalue weighted by Gasteiger charge is 2.12. The number of nitrogens with zero attached hydrogens (tertiary/aromatic N) is 3. The Kier molecular flexibility index (Phi) is 4.50. The Morgan fingerprint density at radius 2 is 2.14 bits per heavy atom. The van der Waals surface area contributed by atoms with Gasteiger partial charge in [-0.1, -0.05) is 11.8 Å². The number of rotatable bonds is 5. The molecule has 2 heterocycles. The van der Waals surface area contributed by atoms with Gasteiger partial charge in [-0.15, -0.1) is 0 Å². The highest BCUT2D eigenvalue weighted by molar-refractivity contribution is 7.99. The SMILES string of the molecule is O=C(CSc1ncccn1)NN=Cc1ccc2c(c1)OCO2. The Bertz CT molecular complexity index is 694. The molecular formula is C14H12N4O3S. The first-order valence-electron chi connectivity index (χ1n) is 6.42. The summed E-state index contributed by atoms with van der Waals surface area (Å²) in [4.78, 5) is 19.7. The summed E-state index contributed by atoms with van der Waals surface area (Å²) < 4.78 is 10.5. The predicted molar refractivity (Wildman–Crippen MR) is 81.1 cm³/mol. The first-order valence-corrected chi connectivity index (χ1v) is 7.41. The molecule has 1 aliphatic heterocycles. The molecule has 1 aromatic heterocycles. The number of hydrazone groups is 1. The van der Waals surface area contributed by atoms with Crippen LogP contribution in [0.15, 0.2) is 46.9 Å². The van der Waals surface area contributed by atoms with Crippen molar-refractivity contribution in [1.29, 1.82) is 0 Å². The molecule has 0 atom stereocenters. The van der Waals surface area contributed by atoms with Crippen molar-refractivity contribution in [2.24, 2.45) is 5.10 Å². The summed E-state index contributed by atoms with van der Waals surface area (Å²) in [5.74, 6) is 1.35. The second kappa shape index (κ2) is 6.90. The molecule has 112 valence electrons. The molecule has 1 N–H and O–H groups in total. The summed E-state index contributed by atoms with van der Waals surface area (Å²) in [6, 6.07) is 7.15. The average Bonchev–Trinajstić information content (AvgIpc) is 3.02. The molecule has 0 bridgehead atoms. The van der Waals surface area contributed by atoms with Gasteiger partial charge in [-0.2, -0.15) is 5.10 Å². The fourth-order valence-electron chi connectivity index (χ4n) is 1.69. The van der Waals surface area contributed by atoms with Crippen molar-refractivity contribution < 1.29 is 14.3 Å². The lowest BCUT2D eigenvalue weighted by molar-refractivity contribution is -0.118.